The molecule has 0 N–H and O–H groups in total. The number of likely N-dealkylation sites (tertiary alicyclic amines) is 1. The number of hydrogen-bond acceptors (Lipinski definition) is 3. The lowest BCUT2D eigenvalue weighted by molar-refractivity contribution is -0.128. The molecule has 1 unspecified atom stereocenters. The standard InChI is InChI=1S/C11H13ClN2OS/c12-9-1-2-13-10(4-9)6-14-5-8(7-16)3-11(14)15/h1-2,4,8,16H,3,5-7H2. The van der Waals surface area contributed by atoms with Gasteiger partial charge in [-0.05, 0) is 23.8 Å². The van der Waals surface area contributed by atoms with Crippen LogP contribution in [0.5, 0.6) is 0 Å². The van der Waals surface area contributed by atoms with E-state index in [4.69, 9.17) is 11.6 Å². The number of amides is 1. The van der Waals surface area contributed by atoms with E-state index in [1.165, 1.54) is 0 Å². The van der Waals surface area contributed by atoms with Crippen molar-refractivity contribution in [1.29, 1.82) is 0 Å². The van der Waals surface area contributed by atoms with E-state index in [1.807, 2.05) is 4.90 Å². The van der Waals surface area contributed by atoms with Gasteiger partial charge < -0.3 is 4.90 Å². The van der Waals surface area contributed by atoms with Crippen molar-refractivity contribution in [3.63, 3.8) is 0 Å². The molecule has 1 aliphatic rings. The first kappa shape index (κ1) is 11.7. The van der Waals surface area contributed by atoms with Gasteiger partial charge in [0.15, 0.2) is 0 Å². The predicted molar refractivity (Wildman–Crippen MR) is 66.6 cm³/mol. The predicted octanol–water partition coefficient (Wildman–Crippen LogP) is 2.01. The molecule has 0 spiro atoms. The first-order valence-corrected chi connectivity index (χ1v) is 6.19. The van der Waals surface area contributed by atoms with Crippen LogP contribution in [0.3, 0.4) is 0 Å². The minimum absolute atomic E-state index is 0.181. The van der Waals surface area contributed by atoms with Gasteiger partial charge in [0.2, 0.25) is 5.91 Å². The Morgan fingerprint density at radius 3 is 3.06 bits per heavy atom. The summed E-state index contributed by atoms with van der Waals surface area (Å²) in [5, 5.41) is 0.655. The number of halogens is 1. The van der Waals surface area contributed by atoms with Gasteiger partial charge in [-0.2, -0.15) is 12.6 Å². The van der Waals surface area contributed by atoms with E-state index in [1.54, 1.807) is 18.3 Å². The smallest absolute Gasteiger partial charge is 0.223 e. The van der Waals surface area contributed by atoms with E-state index in [2.05, 4.69) is 17.6 Å². The zero-order valence-corrected chi connectivity index (χ0v) is 10.4. The lowest BCUT2D eigenvalue weighted by Crippen LogP contribution is -2.25. The number of carbonyl (C=O) groups excluding carboxylic acids is 1. The van der Waals surface area contributed by atoms with Gasteiger partial charge in [0, 0.05) is 24.2 Å². The Labute approximate surface area is 105 Å². The molecule has 0 aliphatic carbocycles. The highest BCUT2D eigenvalue weighted by Crippen LogP contribution is 2.21. The Balaban J connectivity index is 2.03. The highest BCUT2D eigenvalue weighted by Gasteiger charge is 2.28. The van der Waals surface area contributed by atoms with Crippen LogP contribution < -0.4 is 0 Å². The average Bonchev–Trinajstić information content (AvgIpc) is 2.60. The Morgan fingerprint density at radius 2 is 2.44 bits per heavy atom. The minimum Gasteiger partial charge on any atom is -0.336 e. The van der Waals surface area contributed by atoms with Gasteiger partial charge in [-0.3, -0.25) is 9.78 Å². The van der Waals surface area contributed by atoms with Crippen LogP contribution >= 0.6 is 24.2 Å². The monoisotopic (exact) mass is 256 g/mol. The van der Waals surface area contributed by atoms with Crippen LogP contribution in [0, 0.1) is 5.92 Å². The number of hydrogen-bond donors (Lipinski definition) is 1. The molecule has 2 heterocycles. The van der Waals surface area contributed by atoms with Crippen LogP contribution in [-0.2, 0) is 11.3 Å². The van der Waals surface area contributed by atoms with Crippen molar-refractivity contribution in [2.24, 2.45) is 5.92 Å². The molecule has 1 amide bonds. The second-order valence-corrected chi connectivity index (χ2v) is 4.79. The molecule has 86 valence electrons. The lowest BCUT2D eigenvalue weighted by atomic mass is 10.1. The van der Waals surface area contributed by atoms with Gasteiger partial charge in [0.25, 0.3) is 0 Å². The Kier molecular flexibility index (Phi) is 3.71. The number of rotatable bonds is 3. The SMILES string of the molecule is O=C1CC(CS)CN1Cc1cc(Cl)ccn1. The first-order chi connectivity index (χ1) is 7.69. The molecule has 3 nitrogen and oxygen atoms in total. The second-order valence-electron chi connectivity index (χ2n) is 3.99. The van der Waals surface area contributed by atoms with Gasteiger partial charge in [-0.25, -0.2) is 0 Å². The van der Waals surface area contributed by atoms with Crippen molar-refractivity contribution in [2.45, 2.75) is 13.0 Å². The van der Waals surface area contributed by atoms with Crippen molar-refractivity contribution in [2.75, 3.05) is 12.3 Å². The molecule has 1 saturated heterocycles. The van der Waals surface area contributed by atoms with Crippen molar-refractivity contribution in [1.82, 2.24) is 9.88 Å². The molecule has 1 aromatic heterocycles. The van der Waals surface area contributed by atoms with Gasteiger partial charge in [0.05, 0.1) is 12.2 Å². The third-order valence-electron chi connectivity index (χ3n) is 2.68. The highest BCUT2D eigenvalue weighted by atomic mass is 35.5. The normalized spacial score (nSPS) is 20.5. The van der Waals surface area contributed by atoms with Crippen molar-refractivity contribution in [3.8, 4) is 0 Å². The Hall–Kier alpha value is -0.740. The average molecular weight is 257 g/mol. The fraction of sp³-hybridized carbons (Fsp3) is 0.455. The molecule has 0 radical (unpaired) electrons. The first-order valence-electron chi connectivity index (χ1n) is 5.18. The summed E-state index contributed by atoms with van der Waals surface area (Å²) in [4.78, 5) is 17.7. The molecule has 2 rings (SSSR count). The van der Waals surface area contributed by atoms with Crippen LogP contribution in [0.15, 0.2) is 18.3 Å². The van der Waals surface area contributed by atoms with Crippen LogP contribution in [0.4, 0.5) is 0 Å². The van der Waals surface area contributed by atoms with E-state index in [9.17, 15) is 4.79 Å². The van der Waals surface area contributed by atoms with E-state index in [0.717, 1.165) is 18.0 Å². The van der Waals surface area contributed by atoms with Crippen LogP contribution in [0.1, 0.15) is 12.1 Å². The third kappa shape index (κ3) is 2.68. The topological polar surface area (TPSA) is 33.2 Å². The lowest BCUT2D eigenvalue weighted by Gasteiger charge is -2.15. The van der Waals surface area contributed by atoms with Crippen LogP contribution in [-0.4, -0.2) is 28.1 Å². The van der Waals surface area contributed by atoms with E-state index in [0.29, 0.717) is 23.9 Å². The van der Waals surface area contributed by atoms with Gasteiger partial charge in [-0.1, -0.05) is 11.6 Å². The summed E-state index contributed by atoms with van der Waals surface area (Å²) in [5.41, 5.74) is 0.834. The van der Waals surface area contributed by atoms with Crippen molar-refractivity contribution >= 4 is 30.1 Å². The maximum absolute atomic E-state index is 11.7. The molecular formula is C11H13ClN2OS. The Bertz CT molecular complexity index is 399. The molecule has 1 fully saturated rings. The molecule has 0 aromatic carbocycles. The molecular weight excluding hydrogens is 244 g/mol. The summed E-state index contributed by atoms with van der Waals surface area (Å²) >= 11 is 10.1. The fourth-order valence-corrected chi connectivity index (χ4v) is 2.29. The maximum Gasteiger partial charge on any atom is 0.223 e. The molecule has 1 atom stereocenters. The van der Waals surface area contributed by atoms with Crippen LogP contribution in [0.2, 0.25) is 5.02 Å². The number of nitrogens with zero attached hydrogens (tertiary/aromatic N) is 2. The van der Waals surface area contributed by atoms with E-state index in [-0.39, 0.29) is 5.91 Å². The maximum atomic E-state index is 11.7. The molecule has 1 aliphatic heterocycles. The van der Waals surface area contributed by atoms with E-state index < -0.39 is 0 Å². The number of aromatic nitrogens is 1. The molecule has 0 bridgehead atoms. The number of thiol groups is 1. The quantitative estimate of drug-likeness (QED) is 0.840. The summed E-state index contributed by atoms with van der Waals surface area (Å²) in [6, 6.07) is 3.52. The third-order valence-corrected chi connectivity index (χ3v) is 3.44. The minimum atomic E-state index is 0.181. The Morgan fingerprint density at radius 1 is 1.62 bits per heavy atom. The second kappa shape index (κ2) is 5.06. The zero-order chi connectivity index (χ0) is 11.5. The highest BCUT2D eigenvalue weighted by molar-refractivity contribution is 7.80. The molecule has 1 aromatic rings. The van der Waals surface area contributed by atoms with Gasteiger partial charge in [0.1, 0.15) is 0 Å². The van der Waals surface area contributed by atoms with Gasteiger partial charge >= 0.3 is 0 Å². The summed E-state index contributed by atoms with van der Waals surface area (Å²) in [5.74, 6) is 1.31. The molecule has 16 heavy (non-hydrogen) atoms. The molecule has 5 heteroatoms. The van der Waals surface area contributed by atoms with Crippen molar-refractivity contribution < 1.29 is 4.79 Å². The van der Waals surface area contributed by atoms with Crippen LogP contribution in [0.25, 0.3) is 0 Å². The molecule has 0 saturated carbocycles. The zero-order valence-electron chi connectivity index (χ0n) is 8.77. The van der Waals surface area contributed by atoms with Crippen molar-refractivity contribution in [3.05, 3.63) is 29.0 Å². The summed E-state index contributed by atoms with van der Waals surface area (Å²) in [6.07, 6.45) is 2.26. The van der Waals surface area contributed by atoms with Gasteiger partial charge in [-0.15, -0.1) is 0 Å². The summed E-state index contributed by atoms with van der Waals surface area (Å²) < 4.78 is 0. The summed E-state index contributed by atoms with van der Waals surface area (Å²) in [7, 11) is 0. The van der Waals surface area contributed by atoms with E-state index >= 15 is 0 Å². The fourth-order valence-electron chi connectivity index (χ4n) is 1.86. The number of carbonyl (C=O) groups is 1. The largest absolute Gasteiger partial charge is 0.336 e. The summed E-state index contributed by atoms with van der Waals surface area (Å²) in [6.45, 7) is 1.32. The number of pyridine rings is 1.